The van der Waals surface area contributed by atoms with Gasteiger partial charge in [0, 0.05) is 0 Å². The number of rotatable bonds is 19. The number of carboxylic acid groups (broad SMARTS) is 1. The van der Waals surface area contributed by atoms with E-state index in [2.05, 4.69) is 6.92 Å². The standard InChI is InChI=1S/C23H47NO3/c1-5-6-7-8-9-10-11-12-13-14-15-16-17-18-19-23(2,27)21-24(3,4)20-22(25)26/h27H,5-21H2,1-4H3. The molecule has 27 heavy (non-hydrogen) atoms. The molecule has 0 amide bonds. The number of quaternary nitrogens is 1. The number of aliphatic hydroxyl groups is 1. The molecule has 162 valence electrons. The maximum atomic E-state index is 10.8. The van der Waals surface area contributed by atoms with Crippen molar-refractivity contribution in [2.24, 2.45) is 0 Å². The minimum atomic E-state index is -1.06. The van der Waals surface area contributed by atoms with Gasteiger partial charge in [0.2, 0.25) is 0 Å². The lowest BCUT2D eigenvalue weighted by Gasteiger charge is -2.36. The number of carboxylic acids is 1. The molecule has 0 fully saturated rings. The molecule has 4 heteroatoms. The molecule has 0 bridgehead atoms. The van der Waals surface area contributed by atoms with Gasteiger partial charge in [-0.2, -0.15) is 0 Å². The molecule has 0 saturated heterocycles. The number of hydrogen-bond donors (Lipinski definition) is 1. The van der Waals surface area contributed by atoms with E-state index in [0.29, 0.717) is 6.54 Å². The molecule has 0 radical (unpaired) electrons. The third-order valence-electron chi connectivity index (χ3n) is 5.39. The van der Waals surface area contributed by atoms with Gasteiger partial charge in [-0.25, -0.2) is 0 Å². The van der Waals surface area contributed by atoms with E-state index in [-0.39, 0.29) is 11.0 Å². The largest absolute Gasteiger partial charge is 0.544 e. The number of unbranched alkanes of at least 4 members (excludes halogenated alkanes) is 13. The SMILES string of the molecule is CCCCCCCCCCCCCCCCC(C)(O)C[N+](C)(C)CC(=O)[O-]. The van der Waals surface area contributed by atoms with Crippen molar-refractivity contribution in [1.82, 2.24) is 0 Å². The van der Waals surface area contributed by atoms with E-state index in [1.807, 2.05) is 21.0 Å². The van der Waals surface area contributed by atoms with Crippen LogP contribution >= 0.6 is 0 Å². The van der Waals surface area contributed by atoms with E-state index in [1.54, 1.807) is 0 Å². The average Bonchev–Trinajstić information content (AvgIpc) is 2.52. The molecular formula is C23H47NO3. The lowest BCUT2D eigenvalue weighted by atomic mass is 9.96. The summed E-state index contributed by atoms with van der Waals surface area (Å²) in [6.07, 6.45) is 19.3. The molecule has 1 N–H and O–H groups in total. The zero-order valence-corrected chi connectivity index (χ0v) is 18.7. The van der Waals surface area contributed by atoms with Crippen LogP contribution in [0.5, 0.6) is 0 Å². The summed E-state index contributed by atoms with van der Waals surface area (Å²) in [5.74, 6) is -1.06. The third kappa shape index (κ3) is 18.5. The zero-order valence-electron chi connectivity index (χ0n) is 18.7. The molecule has 0 aromatic heterocycles. The van der Waals surface area contributed by atoms with Crippen LogP contribution in [0.4, 0.5) is 0 Å². The molecule has 4 nitrogen and oxygen atoms in total. The van der Waals surface area contributed by atoms with Gasteiger partial charge in [0.1, 0.15) is 18.7 Å². The quantitative estimate of drug-likeness (QED) is 0.264. The highest BCUT2D eigenvalue weighted by atomic mass is 16.4. The van der Waals surface area contributed by atoms with Gasteiger partial charge in [0.25, 0.3) is 0 Å². The topological polar surface area (TPSA) is 60.4 Å². The summed E-state index contributed by atoms with van der Waals surface area (Å²) in [7, 11) is 3.66. The van der Waals surface area contributed by atoms with Crippen molar-refractivity contribution in [3.8, 4) is 0 Å². The van der Waals surface area contributed by atoms with Crippen LogP contribution < -0.4 is 5.11 Å². The molecule has 1 atom stereocenters. The fourth-order valence-corrected chi connectivity index (χ4v) is 4.11. The number of likely N-dealkylation sites (N-methyl/N-ethyl adjacent to an activating group) is 1. The van der Waals surface area contributed by atoms with Gasteiger partial charge in [0.15, 0.2) is 0 Å². The number of aliphatic carboxylic acids is 1. The Balaban J connectivity index is 3.51. The van der Waals surface area contributed by atoms with Gasteiger partial charge >= 0.3 is 0 Å². The highest BCUT2D eigenvalue weighted by molar-refractivity contribution is 5.65. The second kappa shape index (κ2) is 15.3. The first kappa shape index (κ1) is 26.4. The monoisotopic (exact) mass is 385 g/mol. The third-order valence-corrected chi connectivity index (χ3v) is 5.39. The lowest BCUT2D eigenvalue weighted by molar-refractivity contribution is -0.891. The second-order valence-corrected chi connectivity index (χ2v) is 9.47. The first-order valence-corrected chi connectivity index (χ1v) is 11.4. The molecule has 0 aromatic carbocycles. The Morgan fingerprint density at radius 3 is 1.56 bits per heavy atom. The van der Waals surface area contributed by atoms with E-state index in [4.69, 9.17) is 0 Å². The van der Waals surface area contributed by atoms with Crippen LogP contribution in [0.3, 0.4) is 0 Å². The Kier molecular flexibility index (Phi) is 15.0. The fraction of sp³-hybridized carbons (Fsp3) is 0.957. The highest BCUT2D eigenvalue weighted by Gasteiger charge is 2.30. The number of carbonyl (C=O) groups is 1. The Labute approximate surface area is 168 Å². The Morgan fingerprint density at radius 2 is 1.19 bits per heavy atom. The molecular weight excluding hydrogens is 338 g/mol. The molecule has 0 saturated carbocycles. The summed E-state index contributed by atoms with van der Waals surface area (Å²) < 4.78 is 0.258. The highest BCUT2D eigenvalue weighted by Crippen LogP contribution is 2.19. The van der Waals surface area contributed by atoms with E-state index in [1.165, 1.54) is 77.0 Å². The average molecular weight is 386 g/mol. The van der Waals surface area contributed by atoms with E-state index in [0.717, 1.165) is 19.3 Å². The Bertz CT molecular complexity index is 367. The van der Waals surface area contributed by atoms with Gasteiger partial charge in [-0.3, -0.25) is 0 Å². The number of hydrogen-bond acceptors (Lipinski definition) is 3. The van der Waals surface area contributed by atoms with Crippen LogP contribution in [0.15, 0.2) is 0 Å². The minimum Gasteiger partial charge on any atom is -0.544 e. The summed E-state index contributed by atoms with van der Waals surface area (Å²) in [6, 6.07) is 0. The summed E-state index contributed by atoms with van der Waals surface area (Å²) in [5, 5.41) is 21.3. The van der Waals surface area contributed by atoms with Gasteiger partial charge in [0.05, 0.1) is 20.1 Å². The molecule has 0 aliphatic rings. The second-order valence-electron chi connectivity index (χ2n) is 9.47. The Hall–Kier alpha value is -0.610. The first-order chi connectivity index (χ1) is 12.7. The van der Waals surface area contributed by atoms with Crippen molar-refractivity contribution in [2.45, 2.75) is 116 Å². The predicted octanol–water partition coefficient (Wildman–Crippen LogP) is 4.44. The van der Waals surface area contributed by atoms with Crippen LogP contribution in [0.25, 0.3) is 0 Å². The van der Waals surface area contributed by atoms with Crippen LogP contribution in [0.2, 0.25) is 0 Å². The molecule has 0 aliphatic heterocycles. The minimum absolute atomic E-state index is 0.0606. The smallest absolute Gasteiger partial charge is 0.119 e. The lowest BCUT2D eigenvalue weighted by Crippen LogP contribution is -2.55. The van der Waals surface area contributed by atoms with Crippen molar-refractivity contribution >= 4 is 5.97 Å². The normalized spacial score (nSPS) is 14.3. The van der Waals surface area contributed by atoms with Gasteiger partial charge < -0.3 is 19.5 Å². The Morgan fingerprint density at radius 1 is 0.815 bits per heavy atom. The molecule has 0 rings (SSSR count). The number of carbonyl (C=O) groups excluding carboxylic acids is 1. The van der Waals surface area contributed by atoms with E-state index >= 15 is 0 Å². The van der Waals surface area contributed by atoms with Crippen molar-refractivity contribution in [2.75, 3.05) is 27.2 Å². The van der Waals surface area contributed by atoms with Crippen molar-refractivity contribution < 1.29 is 19.5 Å². The van der Waals surface area contributed by atoms with Crippen molar-refractivity contribution in [1.29, 1.82) is 0 Å². The predicted molar refractivity (Wildman–Crippen MR) is 112 cm³/mol. The van der Waals surface area contributed by atoms with E-state index in [9.17, 15) is 15.0 Å². The first-order valence-electron chi connectivity index (χ1n) is 11.4. The summed E-state index contributed by atoms with van der Waals surface area (Å²) in [5.41, 5.74) is -0.809. The van der Waals surface area contributed by atoms with Gasteiger partial charge in [-0.1, -0.05) is 96.8 Å². The molecule has 0 heterocycles. The maximum absolute atomic E-state index is 10.8. The van der Waals surface area contributed by atoms with E-state index < -0.39 is 11.6 Å². The summed E-state index contributed by atoms with van der Waals surface area (Å²) in [4.78, 5) is 10.8. The molecule has 1 unspecified atom stereocenters. The van der Waals surface area contributed by atoms with Gasteiger partial charge in [-0.05, 0) is 13.3 Å². The van der Waals surface area contributed by atoms with Crippen molar-refractivity contribution in [3.63, 3.8) is 0 Å². The van der Waals surface area contributed by atoms with Crippen LogP contribution in [0.1, 0.15) is 110 Å². The number of nitrogens with zero attached hydrogens (tertiary/aromatic N) is 1. The van der Waals surface area contributed by atoms with Crippen molar-refractivity contribution in [3.05, 3.63) is 0 Å². The molecule has 0 aromatic rings. The molecule has 0 spiro atoms. The fourth-order valence-electron chi connectivity index (χ4n) is 4.11. The zero-order chi connectivity index (χ0) is 20.6. The molecule has 0 aliphatic carbocycles. The van der Waals surface area contributed by atoms with Crippen LogP contribution in [-0.2, 0) is 4.79 Å². The maximum Gasteiger partial charge on any atom is 0.119 e. The van der Waals surface area contributed by atoms with Crippen LogP contribution in [0, 0.1) is 0 Å². The van der Waals surface area contributed by atoms with Crippen LogP contribution in [-0.4, -0.2) is 48.3 Å². The summed E-state index contributed by atoms with van der Waals surface area (Å²) in [6.45, 7) is 4.47. The van der Waals surface area contributed by atoms with Gasteiger partial charge in [-0.15, -0.1) is 0 Å². The summed E-state index contributed by atoms with van der Waals surface area (Å²) >= 11 is 0.